The fourth-order valence-electron chi connectivity index (χ4n) is 2.04. The van der Waals surface area contributed by atoms with Crippen molar-refractivity contribution in [3.05, 3.63) is 18.3 Å². The Morgan fingerprint density at radius 2 is 2.30 bits per heavy atom. The number of carbonyl (C=O) groups is 1. The van der Waals surface area contributed by atoms with Crippen molar-refractivity contribution in [3.8, 4) is 0 Å². The molecule has 1 atom stereocenters. The van der Waals surface area contributed by atoms with Gasteiger partial charge in [0.05, 0.1) is 5.69 Å². The third-order valence-electron chi connectivity index (χ3n) is 2.98. The van der Waals surface area contributed by atoms with Gasteiger partial charge in [0.1, 0.15) is 0 Å². The fourth-order valence-corrected chi connectivity index (χ4v) is 3.42. The van der Waals surface area contributed by atoms with E-state index in [0.717, 1.165) is 0 Å². The van der Waals surface area contributed by atoms with Gasteiger partial charge in [-0.15, -0.1) is 0 Å². The van der Waals surface area contributed by atoms with Crippen LogP contribution in [0.4, 0.5) is 5.69 Å². The zero-order chi connectivity index (χ0) is 14.6. The highest BCUT2D eigenvalue weighted by Crippen LogP contribution is 2.18. The Balaban J connectivity index is 2.16. The van der Waals surface area contributed by atoms with E-state index in [1.807, 2.05) is 6.92 Å². The summed E-state index contributed by atoms with van der Waals surface area (Å²) in [5, 5.41) is 5.60. The summed E-state index contributed by atoms with van der Waals surface area (Å²) >= 11 is 0. The predicted octanol–water partition coefficient (Wildman–Crippen LogP) is 0.0703. The van der Waals surface area contributed by atoms with E-state index in [0.29, 0.717) is 31.6 Å². The molecule has 0 aromatic carbocycles. The minimum absolute atomic E-state index is 0.0150. The summed E-state index contributed by atoms with van der Waals surface area (Å²) in [5.74, 6) is -0.0494. The standard InChI is InChI=1S/C12H18N4O3S/c1-2-13-10-4-3-7-14-12(10)20(18,19)16-9-5-6-11(17)15-8-9/h3-4,7,9,13,16H,2,5-6,8H2,1H3,(H,15,17). The molecule has 1 saturated heterocycles. The van der Waals surface area contributed by atoms with Crippen LogP contribution in [0.25, 0.3) is 0 Å². The molecule has 7 nitrogen and oxygen atoms in total. The Morgan fingerprint density at radius 3 is 2.95 bits per heavy atom. The van der Waals surface area contributed by atoms with Gasteiger partial charge in [0.2, 0.25) is 5.91 Å². The summed E-state index contributed by atoms with van der Waals surface area (Å²) in [5.41, 5.74) is 0.474. The van der Waals surface area contributed by atoms with E-state index in [1.54, 1.807) is 12.1 Å². The molecule has 1 amide bonds. The van der Waals surface area contributed by atoms with Gasteiger partial charge in [0.25, 0.3) is 10.0 Å². The van der Waals surface area contributed by atoms with Crippen molar-refractivity contribution in [1.29, 1.82) is 0 Å². The average molecular weight is 298 g/mol. The highest BCUT2D eigenvalue weighted by molar-refractivity contribution is 7.89. The molecule has 0 aliphatic carbocycles. The molecule has 2 rings (SSSR count). The van der Waals surface area contributed by atoms with E-state index >= 15 is 0 Å². The number of aromatic nitrogens is 1. The summed E-state index contributed by atoms with van der Waals surface area (Å²) in [6, 6.07) is 3.06. The lowest BCUT2D eigenvalue weighted by atomic mass is 10.1. The molecule has 1 aromatic heterocycles. The summed E-state index contributed by atoms with van der Waals surface area (Å²) in [7, 11) is -3.71. The van der Waals surface area contributed by atoms with Gasteiger partial charge in [0, 0.05) is 31.7 Å². The van der Waals surface area contributed by atoms with Crippen molar-refractivity contribution < 1.29 is 13.2 Å². The number of nitrogens with zero attached hydrogens (tertiary/aromatic N) is 1. The number of piperidine rings is 1. The van der Waals surface area contributed by atoms with E-state index in [9.17, 15) is 13.2 Å². The van der Waals surface area contributed by atoms with Crippen molar-refractivity contribution in [2.75, 3.05) is 18.4 Å². The molecule has 1 aliphatic rings. The van der Waals surface area contributed by atoms with Gasteiger partial charge in [0.15, 0.2) is 5.03 Å². The summed E-state index contributed by atoms with van der Waals surface area (Å²) in [6.45, 7) is 2.79. The van der Waals surface area contributed by atoms with Crippen LogP contribution in [0, 0.1) is 0 Å². The van der Waals surface area contributed by atoms with Crippen LogP contribution < -0.4 is 15.4 Å². The number of hydrogen-bond donors (Lipinski definition) is 3. The molecular weight excluding hydrogens is 280 g/mol. The maximum absolute atomic E-state index is 12.4. The van der Waals surface area contributed by atoms with Crippen LogP contribution >= 0.6 is 0 Å². The van der Waals surface area contributed by atoms with Gasteiger partial charge in [-0.2, -0.15) is 0 Å². The van der Waals surface area contributed by atoms with Crippen LogP contribution in [-0.4, -0.2) is 38.4 Å². The number of carbonyl (C=O) groups excluding carboxylic acids is 1. The van der Waals surface area contributed by atoms with Crippen LogP contribution in [0.5, 0.6) is 0 Å². The lowest BCUT2D eigenvalue weighted by molar-refractivity contribution is -0.122. The number of anilines is 1. The van der Waals surface area contributed by atoms with Crippen LogP contribution in [-0.2, 0) is 14.8 Å². The third-order valence-corrected chi connectivity index (χ3v) is 4.46. The first-order valence-corrected chi connectivity index (χ1v) is 7.99. The summed E-state index contributed by atoms with van der Waals surface area (Å²) < 4.78 is 27.3. The second-order valence-corrected chi connectivity index (χ2v) is 6.18. The Bertz CT molecular complexity index is 578. The summed E-state index contributed by atoms with van der Waals surface area (Å²) in [6.07, 6.45) is 2.27. The maximum atomic E-state index is 12.4. The number of sulfonamides is 1. The molecule has 1 fully saturated rings. The van der Waals surface area contributed by atoms with E-state index in [2.05, 4.69) is 20.3 Å². The van der Waals surface area contributed by atoms with Gasteiger partial charge in [-0.1, -0.05) is 0 Å². The van der Waals surface area contributed by atoms with E-state index in [1.165, 1.54) is 6.20 Å². The number of rotatable bonds is 5. The minimum atomic E-state index is -3.71. The Kier molecular flexibility index (Phi) is 4.56. The van der Waals surface area contributed by atoms with Crippen molar-refractivity contribution in [2.45, 2.75) is 30.8 Å². The number of amides is 1. The second-order valence-electron chi connectivity index (χ2n) is 4.55. The Labute approximate surface area is 118 Å². The molecule has 0 radical (unpaired) electrons. The molecule has 1 aromatic rings. The highest BCUT2D eigenvalue weighted by Gasteiger charge is 2.26. The van der Waals surface area contributed by atoms with E-state index in [-0.39, 0.29) is 17.0 Å². The smallest absolute Gasteiger partial charge is 0.260 e. The maximum Gasteiger partial charge on any atom is 0.260 e. The molecule has 0 spiro atoms. The largest absolute Gasteiger partial charge is 0.383 e. The van der Waals surface area contributed by atoms with Crippen LogP contribution in [0.3, 0.4) is 0 Å². The average Bonchev–Trinajstić information content (AvgIpc) is 2.42. The molecule has 0 saturated carbocycles. The highest BCUT2D eigenvalue weighted by atomic mass is 32.2. The first kappa shape index (κ1) is 14.7. The van der Waals surface area contributed by atoms with Gasteiger partial charge in [-0.25, -0.2) is 18.1 Å². The molecule has 1 aliphatic heterocycles. The second kappa shape index (κ2) is 6.19. The minimum Gasteiger partial charge on any atom is -0.383 e. The first-order chi connectivity index (χ1) is 9.53. The molecular formula is C12H18N4O3S. The van der Waals surface area contributed by atoms with Crippen molar-refractivity contribution >= 4 is 21.6 Å². The van der Waals surface area contributed by atoms with Crippen LogP contribution in [0.1, 0.15) is 19.8 Å². The van der Waals surface area contributed by atoms with Crippen molar-refractivity contribution in [2.24, 2.45) is 0 Å². The van der Waals surface area contributed by atoms with E-state index < -0.39 is 10.0 Å². The van der Waals surface area contributed by atoms with E-state index in [4.69, 9.17) is 0 Å². The van der Waals surface area contributed by atoms with Gasteiger partial charge >= 0.3 is 0 Å². The van der Waals surface area contributed by atoms with Crippen molar-refractivity contribution in [3.63, 3.8) is 0 Å². The Hall–Kier alpha value is -1.67. The molecule has 0 bridgehead atoms. The Morgan fingerprint density at radius 1 is 1.50 bits per heavy atom. The molecule has 8 heteroatoms. The fraction of sp³-hybridized carbons (Fsp3) is 0.500. The number of hydrogen-bond acceptors (Lipinski definition) is 5. The number of nitrogens with one attached hydrogen (secondary N) is 3. The molecule has 3 N–H and O–H groups in total. The predicted molar refractivity (Wildman–Crippen MR) is 74.8 cm³/mol. The summed E-state index contributed by atoms with van der Waals surface area (Å²) in [4.78, 5) is 15.0. The van der Waals surface area contributed by atoms with Gasteiger partial charge < -0.3 is 10.6 Å². The zero-order valence-electron chi connectivity index (χ0n) is 11.2. The first-order valence-electron chi connectivity index (χ1n) is 6.51. The molecule has 1 unspecified atom stereocenters. The lowest BCUT2D eigenvalue weighted by Gasteiger charge is -2.23. The SMILES string of the molecule is CCNc1cccnc1S(=O)(=O)NC1CCC(=O)NC1. The monoisotopic (exact) mass is 298 g/mol. The third kappa shape index (κ3) is 3.45. The topological polar surface area (TPSA) is 100 Å². The number of pyridine rings is 1. The molecule has 20 heavy (non-hydrogen) atoms. The van der Waals surface area contributed by atoms with Gasteiger partial charge in [-0.3, -0.25) is 4.79 Å². The molecule has 110 valence electrons. The van der Waals surface area contributed by atoms with Crippen LogP contribution in [0.15, 0.2) is 23.4 Å². The zero-order valence-corrected chi connectivity index (χ0v) is 12.0. The normalized spacial score (nSPS) is 19.4. The van der Waals surface area contributed by atoms with Gasteiger partial charge in [-0.05, 0) is 25.5 Å². The molecule has 2 heterocycles. The van der Waals surface area contributed by atoms with Crippen LogP contribution in [0.2, 0.25) is 0 Å². The quantitative estimate of drug-likeness (QED) is 0.714. The van der Waals surface area contributed by atoms with Crippen molar-refractivity contribution in [1.82, 2.24) is 15.0 Å². The lowest BCUT2D eigenvalue weighted by Crippen LogP contribution is -2.47.